The molecule has 0 aromatic carbocycles. The molecule has 0 bridgehead atoms. The van der Waals surface area contributed by atoms with Crippen LogP contribution in [0.1, 0.15) is 6.42 Å². The first-order valence-electron chi connectivity index (χ1n) is 4.18. The Morgan fingerprint density at radius 2 is 2.50 bits per heavy atom. The number of aliphatic hydroxyl groups excluding tert-OH is 1. The SMILES string of the molecule is Nc1cnn(C[C@H]2C[C@@H]2CO)c1. The molecule has 3 N–H and O–H groups in total. The molecule has 66 valence electrons. The zero-order valence-electron chi connectivity index (χ0n) is 6.85. The van der Waals surface area contributed by atoms with Gasteiger partial charge in [-0.3, -0.25) is 4.68 Å². The van der Waals surface area contributed by atoms with Crippen molar-refractivity contribution in [3.63, 3.8) is 0 Å². The highest BCUT2D eigenvalue weighted by Gasteiger charge is 2.36. The molecule has 0 radical (unpaired) electrons. The van der Waals surface area contributed by atoms with Crippen LogP contribution in [0, 0.1) is 11.8 Å². The average molecular weight is 167 g/mol. The summed E-state index contributed by atoms with van der Waals surface area (Å²) >= 11 is 0. The van der Waals surface area contributed by atoms with Gasteiger partial charge >= 0.3 is 0 Å². The number of hydrogen-bond acceptors (Lipinski definition) is 3. The standard InChI is InChI=1S/C8H13N3O/c9-8-2-10-11(4-8)3-6-1-7(6)5-12/h2,4,6-7,12H,1,3,5,9H2/t6-,7-/m1/s1. The summed E-state index contributed by atoms with van der Waals surface area (Å²) in [5.41, 5.74) is 6.21. The van der Waals surface area contributed by atoms with Gasteiger partial charge in [-0.05, 0) is 18.3 Å². The molecule has 1 aliphatic rings. The van der Waals surface area contributed by atoms with E-state index < -0.39 is 0 Å². The van der Waals surface area contributed by atoms with Crippen molar-refractivity contribution in [2.75, 3.05) is 12.3 Å². The van der Waals surface area contributed by atoms with Crippen LogP contribution in [0.5, 0.6) is 0 Å². The van der Waals surface area contributed by atoms with Gasteiger partial charge in [-0.15, -0.1) is 0 Å². The highest BCUT2D eigenvalue weighted by Crippen LogP contribution is 2.38. The lowest BCUT2D eigenvalue weighted by Crippen LogP contribution is -2.02. The van der Waals surface area contributed by atoms with Gasteiger partial charge in [-0.1, -0.05) is 0 Å². The van der Waals surface area contributed by atoms with Crippen LogP contribution in [-0.2, 0) is 6.54 Å². The van der Waals surface area contributed by atoms with Gasteiger partial charge in [0, 0.05) is 19.3 Å². The van der Waals surface area contributed by atoms with Crippen molar-refractivity contribution >= 4 is 5.69 Å². The summed E-state index contributed by atoms with van der Waals surface area (Å²) in [5.74, 6) is 1.10. The second-order valence-electron chi connectivity index (χ2n) is 3.43. The zero-order chi connectivity index (χ0) is 8.55. The minimum atomic E-state index is 0.307. The van der Waals surface area contributed by atoms with E-state index in [0.29, 0.717) is 24.1 Å². The van der Waals surface area contributed by atoms with Crippen LogP contribution in [0.3, 0.4) is 0 Å². The maximum atomic E-state index is 8.81. The summed E-state index contributed by atoms with van der Waals surface area (Å²) in [7, 11) is 0. The van der Waals surface area contributed by atoms with Gasteiger partial charge in [-0.2, -0.15) is 5.10 Å². The molecular weight excluding hydrogens is 154 g/mol. The molecule has 1 aromatic rings. The van der Waals surface area contributed by atoms with E-state index in [4.69, 9.17) is 10.8 Å². The van der Waals surface area contributed by atoms with Gasteiger partial charge in [0.25, 0.3) is 0 Å². The number of nitrogens with zero attached hydrogens (tertiary/aromatic N) is 2. The van der Waals surface area contributed by atoms with Crippen LogP contribution in [0.25, 0.3) is 0 Å². The van der Waals surface area contributed by atoms with Gasteiger partial charge in [0.15, 0.2) is 0 Å². The van der Waals surface area contributed by atoms with Gasteiger partial charge in [0.05, 0.1) is 11.9 Å². The van der Waals surface area contributed by atoms with Gasteiger partial charge in [-0.25, -0.2) is 0 Å². The van der Waals surface area contributed by atoms with Crippen LogP contribution in [0.15, 0.2) is 12.4 Å². The molecule has 0 aliphatic heterocycles. The first-order chi connectivity index (χ1) is 5.79. The molecule has 12 heavy (non-hydrogen) atoms. The zero-order valence-corrected chi connectivity index (χ0v) is 6.85. The molecule has 1 saturated carbocycles. The van der Waals surface area contributed by atoms with Crippen LogP contribution >= 0.6 is 0 Å². The second-order valence-corrected chi connectivity index (χ2v) is 3.43. The van der Waals surface area contributed by atoms with E-state index in [0.717, 1.165) is 13.0 Å². The minimum Gasteiger partial charge on any atom is -0.396 e. The fraction of sp³-hybridized carbons (Fsp3) is 0.625. The molecule has 2 atom stereocenters. The predicted octanol–water partition coefficient (Wildman–Crippen LogP) is 0.0937. The normalized spacial score (nSPS) is 27.4. The summed E-state index contributed by atoms with van der Waals surface area (Å²) in [6.07, 6.45) is 4.60. The van der Waals surface area contributed by atoms with Crippen molar-refractivity contribution in [1.82, 2.24) is 9.78 Å². The van der Waals surface area contributed by atoms with Crippen molar-refractivity contribution in [2.24, 2.45) is 11.8 Å². The first kappa shape index (κ1) is 7.61. The Kier molecular flexibility index (Phi) is 1.77. The van der Waals surface area contributed by atoms with Crippen LogP contribution in [0.4, 0.5) is 5.69 Å². The molecule has 1 fully saturated rings. The Morgan fingerprint density at radius 3 is 3.00 bits per heavy atom. The molecule has 0 spiro atoms. The lowest BCUT2D eigenvalue weighted by molar-refractivity contribution is 0.265. The van der Waals surface area contributed by atoms with Gasteiger partial charge < -0.3 is 10.8 Å². The molecule has 1 heterocycles. The smallest absolute Gasteiger partial charge is 0.0719 e. The monoisotopic (exact) mass is 167 g/mol. The predicted molar refractivity (Wildman–Crippen MR) is 45.3 cm³/mol. The highest BCUT2D eigenvalue weighted by atomic mass is 16.3. The maximum Gasteiger partial charge on any atom is 0.0719 e. The van der Waals surface area contributed by atoms with Crippen LogP contribution < -0.4 is 5.73 Å². The number of hydrogen-bond donors (Lipinski definition) is 2. The molecule has 0 unspecified atom stereocenters. The quantitative estimate of drug-likeness (QED) is 0.670. The first-order valence-corrected chi connectivity index (χ1v) is 4.18. The fourth-order valence-corrected chi connectivity index (χ4v) is 1.48. The third-order valence-corrected chi connectivity index (χ3v) is 2.38. The highest BCUT2D eigenvalue weighted by molar-refractivity contribution is 5.30. The van der Waals surface area contributed by atoms with Gasteiger partial charge in [0.1, 0.15) is 0 Å². The third-order valence-electron chi connectivity index (χ3n) is 2.38. The van der Waals surface area contributed by atoms with E-state index in [-0.39, 0.29) is 0 Å². The summed E-state index contributed by atoms with van der Waals surface area (Å²) in [5, 5.41) is 12.9. The molecule has 4 nitrogen and oxygen atoms in total. The Bertz CT molecular complexity index is 271. The molecular formula is C8H13N3O. The van der Waals surface area contributed by atoms with Crippen molar-refractivity contribution in [2.45, 2.75) is 13.0 Å². The topological polar surface area (TPSA) is 64.1 Å². The van der Waals surface area contributed by atoms with Crippen molar-refractivity contribution in [3.05, 3.63) is 12.4 Å². The van der Waals surface area contributed by atoms with E-state index >= 15 is 0 Å². The number of aromatic nitrogens is 2. The Balaban J connectivity index is 1.89. The lowest BCUT2D eigenvalue weighted by atomic mass is 10.3. The fourth-order valence-electron chi connectivity index (χ4n) is 1.48. The van der Waals surface area contributed by atoms with Crippen LogP contribution in [0.2, 0.25) is 0 Å². The van der Waals surface area contributed by atoms with E-state index in [2.05, 4.69) is 5.10 Å². The summed E-state index contributed by atoms with van der Waals surface area (Å²) < 4.78 is 1.84. The van der Waals surface area contributed by atoms with Crippen molar-refractivity contribution in [3.8, 4) is 0 Å². The number of nitrogens with two attached hydrogens (primary N) is 1. The lowest BCUT2D eigenvalue weighted by Gasteiger charge is -1.97. The molecule has 1 aromatic heterocycles. The molecule has 0 saturated heterocycles. The second kappa shape index (κ2) is 2.79. The van der Waals surface area contributed by atoms with Crippen LogP contribution in [-0.4, -0.2) is 21.5 Å². The van der Waals surface area contributed by atoms with E-state index in [1.807, 2.05) is 10.9 Å². The van der Waals surface area contributed by atoms with Gasteiger partial charge in [0.2, 0.25) is 0 Å². The number of nitrogen functional groups attached to an aromatic ring is 1. The number of aliphatic hydroxyl groups is 1. The van der Waals surface area contributed by atoms with E-state index in [1.54, 1.807) is 6.20 Å². The van der Waals surface area contributed by atoms with E-state index in [9.17, 15) is 0 Å². The molecule has 1 aliphatic carbocycles. The molecule has 2 rings (SSSR count). The average Bonchev–Trinajstić information content (AvgIpc) is 2.67. The molecule has 0 amide bonds. The minimum absolute atomic E-state index is 0.307. The summed E-state index contributed by atoms with van der Waals surface area (Å²) in [6.45, 7) is 1.20. The van der Waals surface area contributed by atoms with Crippen molar-refractivity contribution < 1.29 is 5.11 Å². The summed E-state index contributed by atoms with van der Waals surface area (Å²) in [6, 6.07) is 0. The number of anilines is 1. The Hall–Kier alpha value is -1.03. The maximum absolute atomic E-state index is 8.81. The largest absolute Gasteiger partial charge is 0.396 e. The Labute approximate surface area is 71.0 Å². The Morgan fingerprint density at radius 1 is 1.67 bits per heavy atom. The number of rotatable bonds is 3. The summed E-state index contributed by atoms with van der Waals surface area (Å²) in [4.78, 5) is 0. The third kappa shape index (κ3) is 1.43. The van der Waals surface area contributed by atoms with Crippen molar-refractivity contribution in [1.29, 1.82) is 0 Å². The van der Waals surface area contributed by atoms with E-state index in [1.165, 1.54) is 0 Å². The molecule has 4 heteroatoms.